The molecule has 1 fully saturated rings. The van der Waals surface area contributed by atoms with Crippen LogP contribution in [-0.2, 0) is 9.53 Å². The lowest BCUT2D eigenvalue weighted by Crippen LogP contribution is -2.43. The number of ketones is 1. The summed E-state index contributed by atoms with van der Waals surface area (Å²) in [6, 6.07) is 0.181. The molecule has 0 heterocycles. The molecule has 0 aliphatic heterocycles. The molecule has 27 heavy (non-hydrogen) atoms. The summed E-state index contributed by atoms with van der Waals surface area (Å²) in [7, 11) is 0. The molecule has 2 N–H and O–H groups in total. The molecule has 1 aliphatic carbocycles. The van der Waals surface area contributed by atoms with Crippen molar-refractivity contribution in [2.24, 2.45) is 0 Å². The van der Waals surface area contributed by atoms with Gasteiger partial charge in [0, 0.05) is 6.20 Å². The number of hydrogen-bond donors (Lipinski definition) is 2. The zero-order chi connectivity index (χ0) is 20.2. The van der Waals surface area contributed by atoms with Gasteiger partial charge in [0.1, 0.15) is 5.57 Å². The number of benzene rings is 1. The summed E-state index contributed by atoms with van der Waals surface area (Å²) in [4.78, 5) is 24.6. The van der Waals surface area contributed by atoms with Crippen LogP contribution < -0.4 is 5.32 Å². The van der Waals surface area contributed by atoms with E-state index < -0.39 is 51.7 Å². The number of rotatable bonds is 7. The molecule has 0 atom stereocenters. The average Bonchev–Trinajstić information content (AvgIpc) is 3.12. The van der Waals surface area contributed by atoms with Gasteiger partial charge < -0.3 is 15.2 Å². The van der Waals surface area contributed by atoms with Gasteiger partial charge in [-0.3, -0.25) is 4.79 Å². The lowest BCUT2D eigenvalue weighted by atomic mass is 9.98. The number of ether oxygens (including phenoxy) is 1. The van der Waals surface area contributed by atoms with Gasteiger partial charge in [0.05, 0.1) is 24.3 Å². The summed E-state index contributed by atoms with van der Waals surface area (Å²) in [5.41, 5.74) is -2.63. The van der Waals surface area contributed by atoms with Crippen LogP contribution in [-0.4, -0.2) is 35.6 Å². The number of aliphatic hydroxyl groups is 1. The van der Waals surface area contributed by atoms with Gasteiger partial charge in [-0.05, 0) is 25.8 Å². The van der Waals surface area contributed by atoms with Crippen molar-refractivity contribution >= 4 is 11.8 Å². The second kappa shape index (κ2) is 8.51. The lowest BCUT2D eigenvalue weighted by molar-refractivity contribution is -0.138. The van der Waals surface area contributed by atoms with Gasteiger partial charge >= 0.3 is 5.97 Å². The molecular weight excluding hydrogens is 370 g/mol. The fraction of sp³-hybridized carbons (Fsp3) is 0.444. The van der Waals surface area contributed by atoms with Crippen LogP contribution in [0.2, 0.25) is 0 Å². The van der Waals surface area contributed by atoms with Crippen LogP contribution in [0.5, 0.6) is 0 Å². The highest BCUT2D eigenvalue weighted by atomic mass is 19.2. The Hall–Kier alpha value is -2.42. The van der Waals surface area contributed by atoms with Crippen molar-refractivity contribution in [2.75, 3.05) is 13.2 Å². The van der Waals surface area contributed by atoms with Crippen LogP contribution in [0.25, 0.3) is 0 Å². The normalized spacial score (nSPS) is 16.3. The summed E-state index contributed by atoms with van der Waals surface area (Å²) >= 11 is 0. The molecule has 9 heteroatoms. The molecule has 0 radical (unpaired) electrons. The molecule has 2 rings (SSSR count). The Morgan fingerprint density at radius 1 is 1.19 bits per heavy atom. The Kier molecular flexibility index (Phi) is 6.59. The minimum atomic E-state index is -2.16. The number of carbonyl (C=O) groups excluding carboxylic acids is 2. The fourth-order valence-electron chi connectivity index (χ4n) is 2.93. The molecule has 1 saturated carbocycles. The molecule has 148 valence electrons. The first kappa shape index (κ1) is 20.9. The van der Waals surface area contributed by atoms with Crippen molar-refractivity contribution in [3.05, 3.63) is 46.7 Å². The molecule has 1 aromatic rings. The van der Waals surface area contributed by atoms with E-state index in [1.165, 1.54) is 6.92 Å². The van der Waals surface area contributed by atoms with Crippen LogP contribution in [0.3, 0.4) is 0 Å². The lowest BCUT2D eigenvalue weighted by Gasteiger charge is -2.27. The van der Waals surface area contributed by atoms with Crippen LogP contribution in [0, 0.1) is 23.3 Å². The van der Waals surface area contributed by atoms with Gasteiger partial charge in [-0.1, -0.05) is 12.8 Å². The molecule has 0 unspecified atom stereocenters. The van der Waals surface area contributed by atoms with Crippen molar-refractivity contribution in [2.45, 2.75) is 38.1 Å². The Labute approximate surface area is 153 Å². The van der Waals surface area contributed by atoms with Crippen molar-refractivity contribution < 1.29 is 37.0 Å². The van der Waals surface area contributed by atoms with Crippen LogP contribution in [0.15, 0.2) is 17.8 Å². The monoisotopic (exact) mass is 389 g/mol. The zero-order valence-corrected chi connectivity index (χ0v) is 14.6. The van der Waals surface area contributed by atoms with E-state index in [-0.39, 0.29) is 19.3 Å². The van der Waals surface area contributed by atoms with Gasteiger partial charge in [-0.25, -0.2) is 22.4 Å². The molecular formula is C18H19F4NO4. The molecule has 1 aliphatic rings. The maximum atomic E-state index is 13.9. The van der Waals surface area contributed by atoms with E-state index in [1.807, 2.05) is 0 Å². The largest absolute Gasteiger partial charge is 0.462 e. The Morgan fingerprint density at radius 3 is 2.37 bits per heavy atom. The average molecular weight is 389 g/mol. The topological polar surface area (TPSA) is 75.6 Å². The van der Waals surface area contributed by atoms with Gasteiger partial charge in [-0.2, -0.15) is 0 Å². The minimum absolute atomic E-state index is 0.108. The third-order valence-electron chi connectivity index (χ3n) is 4.47. The predicted molar refractivity (Wildman–Crippen MR) is 86.7 cm³/mol. The van der Waals surface area contributed by atoms with Crippen molar-refractivity contribution in [1.29, 1.82) is 0 Å². The van der Waals surface area contributed by atoms with Crippen LogP contribution >= 0.6 is 0 Å². The number of nitrogens with one attached hydrogen (secondary N) is 1. The van der Waals surface area contributed by atoms with Crippen molar-refractivity contribution in [1.82, 2.24) is 5.32 Å². The molecule has 0 spiro atoms. The molecule has 5 nitrogen and oxygen atoms in total. The number of carbonyl (C=O) groups is 2. The van der Waals surface area contributed by atoms with Crippen molar-refractivity contribution in [3.63, 3.8) is 0 Å². The van der Waals surface area contributed by atoms with Gasteiger partial charge in [0.2, 0.25) is 5.78 Å². The van der Waals surface area contributed by atoms with E-state index in [0.717, 1.165) is 19.0 Å². The Bertz CT molecular complexity index is 773. The van der Waals surface area contributed by atoms with Gasteiger partial charge in [0.15, 0.2) is 23.3 Å². The third-order valence-corrected chi connectivity index (χ3v) is 4.47. The van der Waals surface area contributed by atoms with E-state index in [0.29, 0.717) is 12.8 Å². The second-order valence-electron chi connectivity index (χ2n) is 6.25. The first-order chi connectivity index (χ1) is 12.8. The van der Waals surface area contributed by atoms with Crippen LogP contribution in [0.4, 0.5) is 17.6 Å². The fourth-order valence-corrected chi connectivity index (χ4v) is 2.93. The summed E-state index contributed by atoms with van der Waals surface area (Å²) in [6.45, 7) is 1.09. The quantitative estimate of drug-likeness (QED) is 0.110. The molecule has 0 bridgehead atoms. The number of hydrogen-bond acceptors (Lipinski definition) is 5. The Balaban J connectivity index is 2.44. The zero-order valence-electron chi connectivity index (χ0n) is 14.6. The smallest absolute Gasteiger partial charge is 0.343 e. The first-order valence-corrected chi connectivity index (χ1v) is 8.40. The van der Waals surface area contributed by atoms with E-state index in [9.17, 15) is 32.3 Å². The van der Waals surface area contributed by atoms with Gasteiger partial charge in [-0.15, -0.1) is 0 Å². The standard InChI is InChI=1S/C18H19F4NO4/c1-2-27-17(26)11(8-23-18(9-24)5-3-4-6-18)16(25)10-7-12(19)14(21)15(22)13(10)20/h7-8,23-24H,2-6,9H2,1H3/b11-8+. The number of halogens is 4. The highest BCUT2D eigenvalue weighted by Crippen LogP contribution is 2.29. The molecule has 0 aromatic heterocycles. The molecule has 0 saturated heterocycles. The maximum Gasteiger partial charge on any atom is 0.343 e. The minimum Gasteiger partial charge on any atom is -0.462 e. The summed E-state index contributed by atoms with van der Waals surface area (Å²) in [5.74, 6) is -10.4. The maximum absolute atomic E-state index is 13.9. The first-order valence-electron chi connectivity index (χ1n) is 8.40. The van der Waals surface area contributed by atoms with E-state index >= 15 is 0 Å². The van der Waals surface area contributed by atoms with Crippen molar-refractivity contribution in [3.8, 4) is 0 Å². The summed E-state index contributed by atoms with van der Waals surface area (Å²) < 4.78 is 58.7. The SMILES string of the molecule is CCOC(=O)/C(=C/NC1(CO)CCCC1)C(=O)c1cc(F)c(F)c(F)c1F. The van der Waals surface area contributed by atoms with E-state index in [4.69, 9.17) is 4.74 Å². The molecule has 0 amide bonds. The Morgan fingerprint density at radius 2 is 1.81 bits per heavy atom. The van der Waals surface area contributed by atoms with E-state index in [1.54, 1.807) is 0 Å². The van der Waals surface area contributed by atoms with E-state index in [2.05, 4.69) is 5.32 Å². The highest BCUT2D eigenvalue weighted by molar-refractivity contribution is 6.24. The van der Waals surface area contributed by atoms with Gasteiger partial charge in [0.25, 0.3) is 0 Å². The predicted octanol–water partition coefficient (Wildman–Crippen LogP) is 2.77. The second-order valence-corrected chi connectivity index (χ2v) is 6.25. The highest BCUT2D eigenvalue weighted by Gasteiger charge is 2.34. The third kappa shape index (κ3) is 4.29. The summed E-state index contributed by atoms with van der Waals surface area (Å²) in [5, 5.41) is 12.4. The number of Topliss-reactive ketones (excluding diaryl/α,β-unsaturated/α-hetero) is 1. The molecule has 1 aromatic carbocycles. The summed E-state index contributed by atoms with van der Waals surface area (Å²) in [6.07, 6.45) is 3.71. The van der Waals surface area contributed by atoms with Crippen LogP contribution in [0.1, 0.15) is 43.0 Å². The number of aliphatic hydroxyl groups excluding tert-OH is 1. The number of esters is 1.